The Morgan fingerprint density at radius 1 is 1.30 bits per heavy atom. The van der Waals surface area contributed by atoms with Crippen molar-refractivity contribution >= 4 is 27.8 Å². The van der Waals surface area contributed by atoms with Crippen molar-refractivity contribution in [1.82, 2.24) is 4.90 Å². The van der Waals surface area contributed by atoms with E-state index in [0.717, 1.165) is 30.4 Å². The molecule has 1 amide bonds. The largest absolute Gasteiger partial charge is 0.481 e. The van der Waals surface area contributed by atoms with Crippen LogP contribution in [-0.2, 0) is 4.79 Å². The second-order valence-corrected chi connectivity index (χ2v) is 6.09. The first kappa shape index (κ1) is 15.0. The summed E-state index contributed by atoms with van der Waals surface area (Å²) in [5, 5.41) is 8.69. The Bertz CT molecular complexity index is 496. The molecule has 0 spiro atoms. The molecule has 0 aliphatic carbocycles. The van der Waals surface area contributed by atoms with Crippen molar-refractivity contribution in [3.05, 3.63) is 34.3 Å². The SMILES string of the molecule is O=C(O)CCC1CCN(C(=O)c2cccc(Br)c2)CC1. The van der Waals surface area contributed by atoms with Gasteiger partial charge in [0.15, 0.2) is 0 Å². The van der Waals surface area contributed by atoms with Crippen molar-refractivity contribution in [2.45, 2.75) is 25.7 Å². The lowest BCUT2D eigenvalue weighted by Gasteiger charge is -2.32. The molecule has 5 heteroatoms. The molecule has 1 N–H and O–H groups in total. The summed E-state index contributed by atoms with van der Waals surface area (Å²) in [4.78, 5) is 24.8. The first-order valence-corrected chi connectivity index (χ1v) is 7.62. The van der Waals surface area contributed by atoms with E-state index in [-0.39, 0.29) is 12.3 Å². The van der Waals surface area contributed by atoms with E-state index in [0.29, 0.717) is 17.9 Å². The third-order valence-corrected chi connectivity index (χ3v) is 4.23. The van der Waals surface area contributed by atoms with Gasteiger partial charge in [-0.2, -0.15) is 0 Å². The van der Waals surface area contributed by atoms with Crippen molar-refractivity contribution in [2.24, 2.45) is 5.92 Å². The molecular formula is C15H18BrNO3. The van der Waals surface area contributed by atoms with Crippen LogP contribution in [0, 0.1) is 5.92 Å². The standard InChI is InChI=1S/C15H18BrNO3/c16-13-3-1-2-12(10-13)15(20)17-8-6-11(7-9-17)4-5-14(18)19/h1-3,10-11H,4-9H2,(H,18,19). The van der Waals surface area contributed by atoms with E-state index in [4.69, 9.17) is 5.11 Å². The lowest BCUT2D eigenvalue weighted by molar-refractivity contribution is -0.137. The summed E-state index contributed by atoms with van der Waals surface area (Å²) < 4.78 is 0.902. The Balaban J connectivity index is 1.87. The zero-order valence-corrected chi connectivity index (χ0v) is 12.8. The maximum absolute atomic E-state index is 12.3. The molecule has 0 atom stereocenters. The van der Waals surface area contributed by atoms with Crippen LogP contribution in [0.5, 0.6) is 0 Å². The van der Waals surface area contributed by atoms with E-state index in [9.17, 15) is 9.59 Å². The third kappa shape index (κ3) is 4.07. The molecular weight excluding hydrogens is 322 g/mol. The number of piperidine rings is 1. The third-order valence-electron chi connectivity index (χ3n) is 3.74. The number of carbonyl (C=O) groups excluding carboxylic acids is 1. The predicted molar refractivity (Wildman–Crippen MR) is 79.6 cm³/mol. The number of amides is 1. The van der Waals surface area contributed by atoms with Crippen LogP contribution in [0.3, 0.4) is 0 Å². The van der Waals surface area contributed by atoms with E-state index in [1.54, 1.807) is 0 Å². The Morgan fingerprint density at radius 2 is 2.00 bits per heavy atom. The van der Waals surface area contributed by atoms with Crippen LogP contribution >= 0.6 is 15.9 Å². The summed E-state index contributed by atoms with van der Waals surface area (Å²) in [6.45, 7) is 1.44. The number of hydrogen-bond acceptors (Lipinski definition) is 2. The smallest absolute Gasteiger partial charge is 0.303 e. The Morgan fingerprint density at radius 3 is 2.60 bits per heavy atom. The van der Waals surface area contributed by atoms with Crippen molar-refractivity contribution in [3.8, 4) is 0 Å². The van der Waals surface area contributed by atoms with Gasteiger partial charge in [0.1, 0.15) is 0 Å². The topological polar surface area (TPSA) is 57.6 Å². The number of likely N-dealkylation sites (tertiary alicyclic amines) is 1. The molecule has 0 bridgehead atoms. The van der Waals surface area contributed by atoms with Gasteiger partial charge in [-0.15, -0.1) is 0 Å². The normalized spacial score (nSPS) is 16.1. The number of carbonyl (C=O) groups is 2. The van der Waals surface area contributed by atoms with Crippen LogP contribution in [0.4, 0.5) is 0 Å². The van der Waals surface area contributed by atoms with Gasteiger partial charge in [0, 0.05) is 29.5 Å². The summed E-state index contributed by atoms with van der Waals surface area (Å²) in [5.41, 5.74) is 0.698. The van der Waals surface area contributed by atoms with Gasteiger partial charge < -0.3 is 10.0 Å². The van der Waals surface area contributed by atoms with Crippen LogP contribution in [0.25, 0.3) is 0 Å². The van der Waals surface area contributed by atoms with Gasteiger partial charge in [0.05, 0.1) is 0 Å². The molecule has 0 unspecified atom stereocenters. The maximum atomic E-state index is 12.3. The molecule has 2 rings (SSSR count). The molecule has 0 radical (unpaired) electrons. The lowest BCUT2D eigenvalue weighted by Crippen LogP contribution is -2.38. The molecule has 20 heavy (non-hydrogen) atoms. The van der Waals surface area contributed by atoms with Crippen LogP contribution < -0.4 is 0 Å². The van der Waals surface area contributed by atoms with Crippen molar-refractivity contribution in [3.63, 3.8) is 0 Å². The lowest BCUT2D eigenvalue weighted by atomic mass is 9.92. The minimum Gasteiger partial charge on any atom is -0.481 e. The average molecular weight is 340 g/mol. The summed E-state index contributed by atoms with van der Waals surface area (Å²) in [6, 6.07) is 7.41. The fourth-order valence-electron chi connectivity index (χ4n) is 2.56. The van der Waals surface area contributed by atoms with Gasteiger partial charge in [0.2, 0.25) is 0 Å². The molecule has 1 aliphatic rings. The van der Waals surface area contributed by atoms with Gasteiger partial charge in [-0.3, -0.25) is 9.59 Å². The number of benzene rings is 1. The molecule has 1 aliphatic heterocycles. The number of hydrogen-bond donors (Lipinski definition) is 1. The number of aliphatic carboxylic acids is 1. The van der Waals surface area contributed by atoms with Gasteiger partial charge in [-0.25, -0.2) is 0 Å². The number of halogens is 1. The molecule has 4 nitrogen and oxygen atoms in total. The predicted octanol–water partition coefficient (Wildman–Crippen LogP) is 3.17. The summed E-state index contributed by atoms with van der Waals surface area (Å²) in [5.74, 6) is -0.252. The van der Waals surface area contributed by atoms with E-state index in [1.165, 1.54) is 0 Å². The van der Waals surface area contributed by atoms with Gasteiger partial charge >= 0.3 is 5.97 Å². The van der Waals surface area contributed by atoms with Crippen LogP contribution in [0.15, 0.2) is 28.7 Å². The minimum absolute atomic E-state index is 0.0583. The second-order valence-electron chi connectivity index (χ2n) is 5.18. The van der Waals surface area contributed by atoms with Crippen molar-refractivity contribution in [2.75, 3.05) is 13.1 Å². The van der Waals surface area contributed by atoms with Gasteiger partial charge in [-0.05, 0) is 43.4 Å². The highest BCUT2D eigenvalue weighted by atomic mass is 79.9. The quantitative estimate of drug-likeness (QED) is 0.916. The highest BCUT2D eigenvalue weighted by Gasteiger charge is 2.23. The Kier molecular flexibility index (Phi) is 5.17. The fourth-order valence-corrected chi connectivity index (χ4v) is 2.96. The van der Waals surface area contributed by atoms with E-state index in [2.05, 4.69) is 15.9 Å². The molecule has 1 aromatic rings. The fraction of sp³-hybridized carbons (Fsp3) is 0.467. The Labute approximate surface area is 126 Å². The number of carboxylic acid groups (broad SMARTS) is 1. The molecule has 1 aromatic carbocycles. The average Bonchev–Trinajstić information content (AvgIpc) is 2.45. The molecule has 1 heterocycles. The summed E-state index contributed by atoms with van der Waals surface area (Å²) in [7, 11) is 0. The van der Waals surface area contributed by atoms with E-state index < -0.39 is 5.97 Å². The highest BCUT2D eigenvalue weighted by Crippen LogP contribution is 2.23. The zero-order valence-electron chi connectivity index (χ0n) is 11.2. The highest BCUT2D eigenvalue weighted by molar-refractivity contribution is 9.10. The second kappa shape index (κ2) is 6.88. The van der Waals surface area contributed by atoms with E-state index in [1.807, 2.05) is 29.2 Å². The molecule has 1 fully saturated rings. The first-order valence-electron chi connectivity index (χ1n) is 6.83. The van der Waals surface area contributed by atoms with Crippen LogP contribution in [0.1, 0.15) is 36.0 Å². The molecule has 0 saturated carbocycles. The molecule has 1 saturated heterocycles. The van der Waals surface area contributed by atoms with Gasteiger partial charge in [-0.1, -0.05) is 22.0 Å². The molecule has 0 aromatic heterocycles. The first-order chi connectivity index (χ1) is 9.56. The summed E-state index contributed by atoms with van der Waals surface area (Å²) >= 11 is 3.37. The minimum atomic E-state index is -0.738. The number of nitrogens with zero attached hydrogens (tertiary/aromatic N) is 1. The Hall–Kier alpha value is -1.36. The zero-order chi connectivity index (χ0) is 14.5. The van der Waals surface area contributed by atoms with E-state index >= 15 is 0 Å². The van der Waals surface area contributed by atoms with Crippen LogP contribution in [-0.4, -0.2) is 35.0 Å². The van der Waals surface area contributed by atoms with Crippen LogP contribution in [0.2, 0.25) is 0 Å². The molecule has 108 valence electrons. The van der Waals surface area contributed by atoms with Gasteiger partial charge in [0.25, 0.3) is 5.91 Å². The van der Waals surface area contributed by atoms with Crippen molar-refractivity contribution < 1.29 is 14.7 Å². The van der Waals surface area contributed by atoms with Crippen molar-refractivity contribution in [1.29, 1.82) is 0 Å². The maximum Gasteiger partial charge on any atom is 0.303 e. The number of carboxylic acids is 1. The number of rotatable bonds is 4. The monoisotopic (exact) mass is 339 g/mol. The summed E-state index contributed by atoms with van der Waals surface area (Å²) in [6.07, 6.45) is 2.73.